The van der Waals surface area contributed by atoms with Gasteiger partial charge in [-0.2, -0.15) is 0 Å². The van der Waals surface area contributed by atoms with Crippen molar-refractivity contribution in [3.05, 3.63) is 35.1 Å². The Kier molecular flexibility index (Phi) is 3.62. The van der Waals surface area contributed by atoms with Crippen molar-refractivity contribution >= 4 is 12.4 Å². The molecule has 1 aliphatic carbocycles. The summed E-state index contributed by atoms with van der Waals surface area (Å²) in [7, 11) is 0. The molecule has 1 aliphatic rings. The molecule has 1 aromatic carbocycles. The molecule has 1 nitrogen and oxygen atoms in total. The first-order valence-corrected chi connectivity index (χ1v) is 4.50. The monoisotopic (exact) mass is 237 g/mol. The molecule has 1 saturated carbocycles. The lowest BCUT2D eigenvalue weighted by molar-refractivity contribution is 0.454. The van der Waals surface area contributed by atoms with Gasteiger partial charge in [0.2, 0.25) is 0 Å². The Morgan fingerprint density at radius 1 is 1.13 bits per heavy atom. The van der Waals surface area contributed by atoms with Crippen LogP contribution in [0.5, 0.6) is 0 Å². The molecule has 0 bridgehead atoms. The van der Waals surface area contributed by atoms with Gasteiger partial charge in [-0.25, -0.2) is 13.2 Å². The third-order valence-corrected chi connectivity index (χ3v) is 2.54. The largest absolute Gasteiger partial charge is 0.324 e. The molecular formula is C10H11ClF3N. The highest BCUT2D eigenvalue weighted by Gasteiger charge is 2.33. The molecule has 1 aromatic rings. The Hall–Kier alpha value is -0.740. The SMILES string of the molecule is Cl.N[C@@H](c1c(F)ccc(F)c1F)C1CC1. The predicted octanol–water partition coefficient (Wildman–Crippen LogP) is 2.94. The second kappa shape index (κ2) is 4.41. The number of rotatable bonds is 2. The fourth-order valence-corrected chi connectivity index (χ4v) is 1.54. The van der Waals surface area contributed by atoms with Gasteiger partial charge in [0.05, 0.1) is 0 Å². The Morgan fingerprint density at radius 3 is 2.20 bits per heavy atom. The van der Waals surface area contributed by atoms with Gasteiger partial charge in [0.25, 0.3) is 0 Å². The summed E-state index contributed by atoms with van der Waals surface area (Å²) < 4.78 is 39.2. The molecule has 2 N–H and O–H groups in total. The highest BCUT2D eigenvalue weighted by atomic mass is 35.5. The first-order valence-electron chi connectivity index (χ1n) is 4.50. The average Bonchev–Trinajstić information content (AvgIpc) is 2.95. The van der Waals surface area contributed by atoms with E-state index >= 15 is 0 Å². The summed E-state index contributed by atoms with van der Waals surface area (Å²) in [5, 5.41) is 0. The van der Waals surface area contributed by atoms with Gasteiger partial charge in [0.15, 0.2) is 11.6 Å². The van der Waals surface area contributed by atoms with E-state index in [0.29, 0.717) is 0 Å². The van der Waals surface area contributed by atoms with Crippen LogP contribution >= 0.6 is 12.4 Å². The molecule has 0 amide bonds. The van der Waals surface area contributed by atoms with Crippen LogP contribution in [0.1, 0.15) is 24.4 Å². The third-order valence-electron chi connectivity index (χ3n) is 2.54. The first-order chi connectivity index (χ1) is 6.61. The van der Waals surface area contributed by atoms with E-state index in [4.69, 9.17) is 5.73 Å². The lowest BCUT2D eigenvalue weighted by Crippen LogP contribution is -2.17. The molecule has 1 atom stereocenters. The van der Waals surface area contributed by atoms with E-state index in [1.165, 1.54) is 0 Å². The molecule has 0 radical (unpaired) electrons. The third kappa shape index (κ3) is 2.26. The standard InChI is InChI=1S/C10H10F3N.ClH/c11-6-3-4-7(12)9(13)8(6)10(14)5-1-2-5;/h3-5,10H,1-2,14H2;1H/t10-;/m1./s1. The van der Waals surface area contributed by atoms with Gasteiger partial charge in [-0.1, -0.05) is 0 Å². The molecule has 15 heavy (non-hydrogen) atoms. The van der Waals surface area contributed by atoms with Gasteiger partial charge in [-0.05, 0) is 30.9 Å². The van der Waals surface area contributed by atoms with E-state index in [1.807, 2.05) is 0 Å². The maximum Gasteiger partial charge on any atom is 0.166 e. The van der Waals surface area contributed by atoms with Crippen molar-refractivity contribution < 1.29 is 13.2 Å². The van der Waals surface area contributed by atoms with Crippen molar-refractivity contribution in [3.8, 4) is 0 Å². The fraction of sp³-hybridized carbons (Fsp3) is 0.400. The summed E-state index contributed by atoms with van der Waals surface area (Å²) in [6.07, 6.45) is 1.72. The Balaban J connectivity index is 0.00000112. The van der Waals surface area contributed by atoms with Crippen molar-refractivity contribution in [2.45, 2.75) is 18.9 Å². The molecule has 5 heteroatoms. The molecule has 0 aliphatic heterocycles. The first kappa shape index (κ1) is 12.3. The maximum absolute atomic E-state index is 13.2. The van der Waals surface area contributed by atoms with Crippen molar-refractivity contribution in [1.29, 1.82) is 0 Å². The maximum atomic E-state index is 13.2. The number of nitrogens with two attached hydrogens (primary N) is 1. The minimum Gasteiger partial charge on any atom is -0.324 e. The summed E-state index contributed by atoms with van der Waals surface area (Å²) in [4.78, 5) is 0. The molecule has 1 fully saturated rings. The minimum atomic E-state index is -1.15. The van der Waals surface area contributed by atoms with Gasteiger partial charge >= 0.3 is 0 Å². The van der Waals surface area contributed by atoms with E-state index in [-0.39, 0.29) is 23.9 Å². The van der Waals surface area contributed by atoms with Crippen LogP contribution in [-0.2, 0) is 0 Å². The second-order valence-corrected chi connectivity index (χ2v) is 3.62. The van der Waals surface area contributed by atoms with Gasteiger partial charge in [0, 0.05) is 11.6 Å². The molecule has 2 rings (SSSR count). The van der Waals surface area contributed by atoms with Crippen LogP contribution in [0.25, 0.3) is 0 Å². The van der Waals surface area contributed by atoms with Gasteiger partial charge in [-0.3, -0.25) is 0 Å². The number of benzene rings is 1. The van der Waals surface area contributed by atoms with E-state index in [2.05, 4.69) is 0 Å². The number of halogens is 4. The number of hydrogen-bond donors (Lipinski definition) is 1. The van der Waals surface area contributed by atoms with Crippen LogP contribution in [0.4, 0.5) is 13.2 Å². The fourth-order valence-electron chi connectivity index (χ4n) is 1.54. The smallest absolute Gasteiger partial charge is 0.166 e. The zero-order valence-corrected chi connectivity index (χ0v) is 8.66. The van der Waals surface area contributed by atoms with Gasteiger partial charge in [0.1, 0.15) is 5.82 Å². The van der Waals surface area contributed by atoms with E-state index < -0.39 is 23.5 Å². The van der Waals surface area contributed by atoms with Crippen LogP contribution < -0.4 is 5.73 Å². The molecular weight excluding hydrogens is 227 g/mol. The minimum absolute atomic E-state index is 0. The van der Waals surface area contributed by atoms with Crippen molar-refractivity contribution in [3.63, 3.8) is 0 Å². The lowest BCUT2D eigenvalue weighted by atomic mass is 10.0. The van der Waals surface area contributed by atoms with Crippen LogP contribution in [0, 0.1) is 23.4 Å². The van der Waals surface area contributed by atoms with Crippen molar-refractivity contribution in [1.82, 2.24) is 0 Å². The van der Waals surface area contributed by atoms with E-state index in [1.54, 1.807) is 0 Å². The summed E-state index contributed by atoms with van der Waals surface area (Å²) in [5.41, 5.74) is 5.31. The van der Waals surface area contributed by atoms with Crippen LogP contribution in [-0.4, -0.2) is 0 Å². The van der Waals surface area contributed by atoms with Crippen LogP contribution in [0.15, 0.2) is 12.1 Å². The predicted molar refractivity (Wildman–Crippen MR) is 53.2 cm³/mol. The topological polar surface area (TPSA) is 26.0 Å². The molecule has 0 aromatic heterocycles. The molecule has 0 unspecified atom stereocenters. The Bertz CT molecular complexity index is 366. The molecule has 0 saturated heterocycles. The van der Waals surface area contributed by atoms with Gasteiger partial charge in [-0.15, -0.1) is 12.4 Å². The lowest BCUT2D eigenvalue weighted by Gasteiger charge is -2.12. The summed E-state index contributed by atoms with van der Waals surface area (Å²) in [6.45, 7) is 0. The second-order valence-electron chi connectivity index (χ2n) is 3.62. The summed E-state index contributed by atoms with van der Waals surface area (Å²) in [5.74, 6) is -2.86. The van der Waals surface area contributed by atoms with Crippen LogP contribution in [0.3, 0.4) is 0 Å². The Morgan fingerprint density at radius 2 is 1.67 bits per heavy atom. The molecule has 0 spiro atoms. The van der Waals surface area contributed by atoms with E-state index in [0.717, 1.165) is 25.0 Å². The van der Waals surface area contributed by atoms with Crippen molar-refractivity contribution in [2.75, 3.05) is 0 Å². The molecule has 0 heterocycles. The van der Waals surface area contributed by atoms with Gasteiger partial charge < -0.3 is 5.73 Å². The number of hydrogen-bond acceptors (Lipinski definition) is 1. The zero-order valence-electron chi connectivity index (χ0n) is 7.84. The van der Waals surface area contributed by atoms with E-state index in [9.17, 15) is 13.2 Å². The average molecular weight is 238 g/mol. The quantitative estimate of drug-likeness (QED) is 0.787. The normalized spacial score (nSPS) is 17.1. The highest BCUT2D eigenvalue weighted by Crippen LogP contribution is 2.41. The summed E-state index contributed by atoms with van der Waals surface area (Å²) in [6, 6.07) is 0.967. The van der Waals surface area contributed by atoms with Crippen LogP contribution in [0.2, 0.25) is 0 Å². The van der Waals surface area contributed by atoms with Crippen molar-refractivity contribution in [2.24, 2.45) is 11.7 Å². The zero-order chi connectivity index (χ0) is 10.3. The highest BCUT2D eigenvalue weighted by molar-refractivity contribution is 5.85. The summed E-state index contributed by atoms with van der Waals surface area (Å²) >= 11 is 0. The molecule has 84 valence electrons. The Labute approximate surface area is 91.9 Å².